The van der Waals surface area contributed by atoms with Crippen molar-refractivity contribution in [3.05, 3.63) is 10.6 Å². The summed E-state index contributed by atoms with van der Waals surface area (Å²) >= 11 is 0. The number of nitrogens with zero attached hydrogens (tertiary/aromatic N) is 2. The number of hydrogen-bond donors (Lipinski definition) is 0. The SMILES string of the molecule is C1C[OH+]CC[OH+]CC[N-]CC[OH+]CC[OH+]CC[N-]1.[Pt+2]. The zero-order chi connectivity index (χ0) is 12.7. The predicted molar refractivity (Wildman–Crippen MR) is 74.0 cm³/mol. The molecule has 0 radical (unpaired) electrons. The molecule has 1 aliphatic heterocycles. The van der Waals surface area contributed by atoms with Crippen molar-refractivity contribution in [3.63, 3.8) is 0 Å². The molecule has 116 valence electrons. The molecule has 0 bridgehead atoms. The summed E-state index contributed by atoms with van der Waals surface area (Å²) in [4.78, 5) is 0. The van der Waals surface area contributed by atoms with Gasteiger partial charge in [-0.05, 0) is 0 Å². The van der Waals surface area contributed by atoms with Gasteiger partial charge < -0.3 is 29.6 Å². The minimum Gasteiger partial charge on any atom is -0.650 e. The molecule has 4 N–H and O–H groups in total. The molecule has 1 heterocycles. The van der Waals surface area contributed by atoms with Crippen molar-refractivity contribution in [1.29, 1.82) is 0 Å². The monoisotopic (exact) mass is 459 g/mol. The zero-order valence-electron chi connectivity index (χ0n) is 11.5. The Morgan fingerprint density at radius 2 is 0.684 bits per heavy atom. The molecule has 0 unspecified atom stereocenters. The normalized spacial score (nSPS) is 22.7. The largest absolute Gasteiger partial charge is 2.00 e. The molecule has 1 fully saturated rings. The van der Waals surface area contributed by atoms with E-state index in [1.54, 1.807) is 0 Å². The molecule has 7 heteroatoms. The van der Waals surface area contributed by atoms with Crippen molar-refractivity contribution in [1.82, 2.24) is 0 Å². The van der Waals surface area contributed by atoms with Crippen molar-refractivity contribution in [2.24, 2.45) is 0 Å². The van der Waals surface area contributed by atoms with E-state index in [2.05, 4.69) is 29.6 Å². The molecule has 0 aromatic heterocycles. The average Bonchev–Trinajstić information content (AvgIpc) is 2.39. The molecular formula is C12H28N2O4Pt+4. The number of hydrogen-bond acceptors (Lipinski definition) is 0. The second-order valence-corrected chi connectivity index (χ2v) is 4.02. The molecule has 1 saturated heterocycles. The summed E-state index contributed by atoms with van der Waals surface area (Å²) in [5.41, 5.74) is 0. The Morgan fingerprint density at radius 1 is 0.421 bits per heavy atom. The van der Waals surface area contributed by atoms with Crippen molar-refractivity contribution in [2.75, 3.05) is 79.0 Å². The Morgan fingerprint density at radius 3 is 0.947 bits per heavy atom. The van der Waals surface area contributed by atoms with Crippen LogP contribution in [0.15, 0.2) is 0 Å². The van der Waals surface area contributed by atoms with Gasteiger partial charge in [-0.1, -0.05) is 26.2 Å². The summed E-state index contributed by atoms with van der Waals surface area (Å²) in [5, 5.41) is 8.74. The predicted octanol–water partition coefficient (Wildman–Crippen LogP) is -1.14. The van der Waals surface area contributed by atoms with E-state index in [0.717, 1.165) is 79.0 Å². The van der Waals surface area contributed by atoms with Crippen LogP contribution in [0.3, 0.4) is 0 Å². The summed E-state index contributed by atoms with van der Waals surface area (Å²) < 4.78 is 17.5. The minimum absolute atomic E-state index is 0. The molecule has 1 aliphatic rings. The van der Waals surface area contributed by atoms with Crippen LogP contribution in [0.25, 0.3) is 10.6 Å². The third kappa shape index (κ3) is 14.7. The summed E-state index contributed by atoms with van der Waals surface area (Å²) in [6.45, 7) is 9.78. The van der Waals surface area contributed by atoms with E-state index in [0.29, 0.717) is 0 Å². The third-order valence-corrected chi connectivity index (χ3v) is 2.50. The van der Waals surface area contributed by atoms with E-state index >= 15 is 0 Å². The maximum absolute atomic E-state index is 4.37. The molecule has 0 aromatic carbocycles. The van der Waals surface area contributed by atoms with Gasteiger partial charge in [0.1, 0.15) is 26.4 Å². The first-order chi connectivity index (χ1) is 9.00. The topological polar surface area (TPSA) is 79.4 Å². The zero-order valence-corrected chi connectivity index (χ0v) is 13.8. The first-order valence-electron chi connectivity index (χ1n) is 6.79. The van der Waals surface area contributed by atoms with Crippen LogP contribution in [0, 0.1) is 0 Å². The van der Waals surface area contributed by atoms with Gasteiger partial charge in [0.05, 0.1) is 0 Å². The molecule has 0 aromatic rings. The van der Waals surface area contributed by atoms with E-state index in [9.17, 15) is 0 Å². The molecule has 1 rings (SSSR count). The Balaban J connectivity index is 0.00000324. The van der Waals surface area contributed by atoms with E-state index < -0.39 is 0 Å². The first kappa shape index (κ1) is 19.4. The second kappa shape index (κ2) is 16.5. The minimum atomic E-state index is 0. The summed E-state index contributed by atoms with van der Waals surface area (Å²) in [6, 6.07) is 0. The fraction of sp³-hybridized carbons (Fsp3) is 1.00. The van der Waals surface area contributed by atoms with Crippen LogP contribution in [0.4, 0.5) is 0 Å². The Hall–Kier alpha value is 0.448. The van der Waals surface area contributed by atoms with Gasteiger partial charge in [0.15, 0.2) is 0 Å². The van der Waals surface area contributed by atoms with E-state index in [1.165, 1.54) is 0 Å². The average molecular weight is 459 g/mol. The smallest absolute Gasteiger partial charge is 0.650 e. The number of aliphatic hydroxyl groups is 8. The van der Waals surface area contributed by atoms with Gasteiger partial charge in [-0.2, -0.15) is 0 Å². The summed E-state index contributed by atoms with van der Waals surface area (Å²) in [6.07, 6.45) is 0. The van der Waals surface area contributed by atoms with Gasteiger partial charge in [-0.15, -0.1) is 0 Å². The molecular weight excluding hydrogens is 431 g/mol. The van der Waals surface area contributed by atoms with Crippen molar-refractivity contribution < 1.29 is 40.0 Å². The van der Waals surface area contributed by atoms with Crippen LogP contribution >= 0.6 is 0 Å². The van der Waals surface area contributed by atoms with E-state index in [-0.39, 0.29) is 21.1 Å². The van der Waals surface area contributed by atoms with Gasteiger partial charge in [-0.3, -0.25) is 0 Å². The fourth-order valence-corrected chi connectivity index (χ4v) is 1.52. The number of rotatable bonds is 0. The maximum Gasteiger partial charge on any atom is 2.00 e. The van der Waals surface area contributed by atoms with Crippen LogP contribution in [-0.4, -0.2) is 98.0 Å². The fourth-order valence-electron chi connectivity index (χ4n) is 1.52. The summed E-state index contributed by atoms with van der Waals surface area (Å²) in [7, 11) is 0. The van der Waals surface area contributed by atoms with Gasteiger partial charge in [0.2, 0.25) is 26.4 Å². The Kier molecular flexibility index (Phi) is 16.9. The van der Waals surface area contributed by atoms with Gasteiger partial charge in [0.25, 0.3) is 0 Å². The second-order valence-electron chi connectivity index (χ2n) is 4.02. The van der Waals surface area contributed by atoms with Crippen LogP contribution in [0.2, 0.25) is 0 Å². The quantitative estimate of drug-likeness (QED) is 0.411. The number of ether oxygens (including phenoxy) is 4. The maximum atomic E-state index is 4.37. The van der Waals surface area contributed by atoms with Crippen molar-refractivity contribution in [2.45, 2.75) is 0 Å². The molecule has 0 saturated carbocycles. The van der Waals surface area contributed by atoms with Gasteiger partial charge >= 0.3 is 21.1 Å². The van der Waals surface area contributed by atoms with E-state index in [4.69, 9.17) is 0 Å². The molecule has 0 atom stereocenters. The van der Waals surface area contributed by atoms with Crippen molar-refractivity contribution >= 4 is 0 Å². The van der Waals surface area contributed by atoms with Crippen LogP contribution < -0.4 is 0 Å². The molecule has 6 nitrogen and oxygen atoms in total. The molecule has 0 spiro atoms. The molecule has 0 amide bonds. The van der Waals surface area contributed by atoms with Crippen LogP contribution in [-0.2, 0) is 21.1 Å². The first-order valence-corrected chi connectivity index (χ1v) is 6.79. The van der Waals surface area contributed by atoms with E-state index in [1.807, 2.05) is 0 Å². The standard InChI is InChI=1S/C12H24N2O4.Pt/c1-5-15-9-10-17-7-3-14-4-8-18-12-11-16-6-2-13-1;/h1-12H2;/q-2;+2/p+4. The third-order valence-electron chi connectivity index (χ3n) is 2.50. The van der Waals surface area contributed by atoms with Gasteiger partial charge in [-0.25, -0.2) is 0 Å². The Labute approximate surface area is 130 Å². The van der Waals surface area contributed by atoms with Crippen molar-refractivity contribution in [3.8, 4) is 0 Å². The molecule has 19 heavy (non-hydrogen) atoms. The van der Waals surface area contributed by atoms with Crippen LogP contribution in [0.5, 0.6) is 0 Å². The Bertz CT molecular complexity index is 103. The molecule has 0 aliphatic carbocycles. The van der Waals surface area contributed by atoms with Crippen LogP contribution in [0.1, 0.15) is 0 Å². The van der Waals surface area contributed by atoms with Gasteiger partial charge in [0, 0.05) is 0 Å². The summed E-state index contributed by atoms with van der Waals surface area (Å²) in [5.74, 6) is 0.